The number of aromatic nitrogens is 1. The van der Waals surface area contributed by atoms with Crippen molar-refractivity contribution >= 4 is 23.2 Å². The Morgan fingerprint density at radius 3 is 2.74 bits per heavy atom. The van der Waals surface area contributed by atoms with Crippen LogP contribution in [0.25, 0.3) is 0 Å². The van der Waals surface area contributed by atoms with Gasteiger partial charge in [0.2, 0.25) is 0 Å². The topological polar surface area (TPSA) is 79.3 Å². The highest BCUT2D eigenvalue weighted by Crippen LogP contribution is 2.26. The minimum absolute atomic E-state index is 0.0437. The van der Waals surface area contributed by atoms with Crippen LogP contribution < -0.4 is 5.32 Å². The summed E-state index contributed by atoms with van der Waals surface area (Å²) in [5, 5.41) is 14.5. The first-order valence-electron chi connectivity index (χ1n) is 6.46. The summed E-state index contributed by atoms with van der Waals surface area (Å²) in [6, 6.07) is -0.0437. The standard InChI is InChI=1S/C13H18N2O3S/c1-7(2)12-15-10(6-19-12)11(16)14-9-4-3-8(5-9)13(17)18/h6-9H,3-5H2,1-2H3,(H,14,16)(H,17,18). The van der Waals surface area contributed by atoms with E-state index >= 15 is 0 Å². The van der Waals surface area contributed by atoms with Crippen molar-refractivity contribution in [2.45, 2.75) is 45.1 Å². The van der Waals surface area contributed by atoms with E-state index in [1.165, 1.54) is 11.3 Å². The van der Waals surface area contributed by atoms with Crippen molar-refractivity contribution in [2.24, 2.45) is 5.92 Å². The van der Waals surface area contributed by atoms with E-state index in [1.54, 1.807) is 5.38 Å². The average molecular weight is 282 g/mol. The molecule has 0 saturated heterocycles. The fourth-order valence-corrected chi connectivity index (χ4v) is 3.07. The number of carboxylic acids is 1. The lowest BCUT2D eigenvalue weighted by Crippen LogP contribution is -2.33. The molecule has 6 heteroatoms. The molecule has 1 aromatic heterocycles. The summed E-state index contributed by atoms with van der Waals surface area (Å²) in [6.07, 6.45) is 1.88. The SMILES string of the molecule is CC(C)c1nc(C(=O)NC2CCC(C(=O)O)C2)cs1. The Morgan fingerprint density at radius 2 is 2.21 bits per heavy atom. The third-order valence-electron chi connectivity index (χ3n) is 3.37. The molecule has 1 aliphatic carbocycles. The molecule has 2 atom stereocenters. The van der Waals surface area contributed by atoms with Crippen molar-refractivity contribution in [1.82, 2.24) is 10.3 Å². The maximum Gasteiger partial charge on any atom is 0.306 e. The first-order valence-corrected chi connectivity index (χ1v) is 7.34. The Labute approximate surface area is 116 Å². The quantitative estimate of drug-likeness (QED) is 0.887. The van der Waals surface area contributed by atoms with Crippen LogP contribution in [0.4, 0.5) is 0 Å². The van der Waals surface area contributed by atoms with Gasteiger partial charge in [-0.2, -0.15) is 0 Å². The van der Waals surface area contributed by atoms with Crippen LogP contribution in [0.1, 0.15) is 54.5 Å². The van der Waals surface area contributed by atoms with Crippen molar-refractivity contribution in [3.8, 4) is 0 Å². The van der Waals surface area contributed by atoms with E-state index in [9.17, 15) is 9.59 Å². The van der Waals surface area contributed by atoms with Gasteiger partial charge in [0.05, 0.1) is 10.9 Å². The van der Waals surface area contributed by atoms with E-state index in [-0.39, 0.29) is 17.9 Å². The molecular formula is C13H18N2O3S. The van der Waals surface area contributed by atoms with Gasteiger partial charge in [-0.05, 0) is 19.3 Å². The van der Waals surface area contributed by atoms with Gasteiger partial charge in [-0.3, -0.25) is 9.59 Å². The summed E-state index contributed by atoms with van der Waals surface area (Å²) >= 11 is 1.48. The zero-order valence-corrected chi connectivity index (χ0v) is 11.9. The first-order chi connectivity index (χ1) is 8.97. The van der Waals surface area contributed by atoms with Gasteiger partial charge in [0, 0.05) is 17.3 Å². The molecular weight excluding hydrogens is 264 g/mol. The molecule has 1 amide bonds. The molecule has 0 spiro atoms. The number of rotatable bonds is 4. The third kappa shape index (κ3) is 3.32. The Morgan fingerprint density at radius 1 is 1.47 bits per heavy atom. The monoisotopic (exact) mass is 282 g/mol. The number of nitrogens with one attached hydrogen (secondary N) is 1. The van der Waals surface area contributed by atoms with Crippen LogP contribution in [0.3, 0.4) is 0 Å². The highest BCUT2D eigenvalue weighted by atomic mass is 32.1. The van der Waals surface area contributed by atoms with Crippen LogP contribution >= 0.6 is 11.3 Å². The number of carboxylic acid groups (broad SMARTS) is 1. The zero-order chi connectivity index (χ0) is 14.0. The van der Waals surface area contributed by atoms with E-state index in [2.05, 4.69) is 10.3 Å². The number of hydrogen-bond acceptors (Lipinski definition) is 4. The number of thiazole rings is 1. The lowest BCUT2D eigenvalue weighted by atomic mass is 10.1. The second-order valence-electron chi connectivity index (χ2n) is 5.24. The molecule has 2 N–H and O–H groups in total. The number of carbonyl (C=O) groups is 2. The maximum absolute atomic E-state index is 12.0. The molecule has 1 aliphatic rings. The van der Waals surface area contributed by atoms with E-state index in [0.29, 0.717) is 24.5 Å². The fourth-order valence-electron chi connectivity index (χ4n) is 2.25. The Hall–Kier alpha value is -1.43. The van der Waals surface area contributed by atoms with E-state index in [1.807, 2.05) is 13.8 Å². The van der Waals surface area contributed by atoms with Gasteiger partial charge >= 0.3 is 5.97 Å². The molecule has 0 bridgehead atoms. The van der Waals surface area contributed by atoms with E-state index in [4.69, 9.17) is 5.11 Å². The number of aliphatic carboxylic acids is 1. The average Bonchev–Trinajstić information content (AvgIpc) is 2.96. The van der Waals surface area contributed by atoms with Gasteiger partial charge in [0.15, 0.2) is 0 Å². The summed E-state index contributed by atoms with van der Waals surface area (Å²) in [5.74, 6) is -0.979. The molecule has 5 nitrogen and oxygen atoms in total. The highest BCUT2D eigenvalue weighted by molar-refractivity contribution is 7.09. The Bertz CT molecular complexity index is 484. The molecule has 1 saturated carbocycles. The van der Waals surface area contributed by atoms with Crippen molar-refractivity contribution in [2.75, 3.05) is 0 Å². The number of hydrogen-bond donors (Lipinski definition) is 2. The molecule has 1 fully saturated rings. The Kier molecular flexibility index (Phi) is 4.19. The molecule has 2 unspecified atom stereocenters. The Balaban J connectivity index is 1.92. The van der Waals surface area contributed by atoms with Crippen LogP contribution in [0.2, 0.25) is 0 Å². The molecule has 19 heavy (non-hydrogen) atoms. The smallest absolute Gasteiger partial charge is 0.306 e. The molecule has 0 aliphatic heterocycles. The zero-order valence-electron chi connectivity index (χ0n) is 11.0. The summed E-state index contributed by atoms with van der Waals surface area (Å²) in [6.45, 7) is 4.07. The van der Waals surface area contributed by atoms with E-state index < -0.39 is 5.97 Å². The molecule has 0 radical (unpaired) electrons. The van der Waals surface area contributed by atoms with Crippen LogP contribution in [-0.4, -0.2) is 28.0 Å². The van der Waals surface area contributed by atoms with Crippen molar-refractivity contribution in [3.63, 3.8) is 0 Å². The molecule has 104 valence electrons. The van der Waals surface area contributed by atoms with Gasteiger partial charge in [-0.15, -0.1) is 11.3 Å². The van der Waals surface area contributed by atoms with Gasteiger partial charge in [0.1, 0.15) is 5.69 Å². The normalized spacial score (nSPS) is 22.7. The maximum atomic E-state index is 12.0. The van der Waals surface area contributed by atoms with Gasteiger partial charge in [-0.25, -0.2) is 4.98 Å². The number of carbonyl (C=O) groups excluding carboxylic acids is 1. The third-order valence-corrected chi connectivity index (χ3v) is 4.51. The summed E-state index contributed by atoms with van der Waals surface area (Å²) < 4.78 is 0. The second kappa shape index (κ2) is 5.69. The van der Waals surface area contributed by atoms with Gasteiger partial charge in [-0.1, -0.05) is 13.8 Å². The van der Waals surface area contributed by atoms with Crippen molar-refractivity contribution < 1.29 is 14.7 Å². The van der Waals surface area contributed by atoms with Crippen LogP contribution in [-0.2, 0) is 4.79 Å². The van der Waals surface area contributed by atoms with Crippen molar-refractivity contribution in [3.05, 3.63) is 16.1 Å². The van der Waals surface area contributed by atoms with Crippen molar-refractivity contribution in [1.29, 1.82) is 0 Å². The lowest BCUT2D eigenvalue weighted by Gasteiger charge is -2.11. The number of amides is 1. The molecule has 0 aromatic carbocycles. The summed E-state index contributed by atoms with van der Waals surface area (Å²) in [7, 11) is 0. The van der Waals surface area contributed by atoms with Gasteiger partial charge < -0.3 is 10.4 Å². The second-order valence-corrected chi connectivity index (χ2v) is 6.13. The lowest BCUT2D eigenvalue weighted by molar-refractivity contribution is -0.141. The fraction of sp³-hybridized carbons (Fsp3) is 0.615. The largest absolute Gasteiger partial charge is 0.481 e. The highest BCUT2D eigenvalue weighted by Gasteiger charge is 2.31. The molecule has 1 aromatic rings. The summed E-state index contributed by atoms with van der Waals surface area (Å²) in [4.78, 5) is 27.2. The van der Waals surface area contributed by atoms with Crippen LogP contribution in [0.15, 0.2) is 5.38 Å². The summed E-state index contributed by atoms with van der Waals surface area (Å²) in [5.41, 5.74) is 0.437. The molecule has 1 heterocycles. The minimum Gasteiger partial charge on any atom is -0.481 e. The van der Waals surface area contributed by atoms with E-state index in [0.717, 1.165) is 11.4 Å². The molecule has 2 rings (SSSR count). The van der Waals surface area contributed by atoms with Crippen LogP contribution in [0, 0.1) is 5.92 Å². The number of nitrogens with zero attached hydrogens (tertiary/aromatic N) is 1. The van der Waals surface area contributed by atoms with Crippen LogP contribution in [0.5, 0.6) is 0 Å². The predicted octanol–water partition coefficient (Wildman–Crippen LogP) is 2.25. The first kappa shape index (κ1) is 14.0. The minimum atomic E-state index is -0.771. The predicted molar refractivity (Wildman–Crippen MR) is 72.4 cm³/mol. The van der Waals surface area contributed by atoms with Gasteiger partial charge in [0.25, 0.3) is 5.91 Å².